The van der Waals surface area contributed by atoms with E-state index in [1.54, 1.807) is 24.3 Å². The Bertz CT molecular complexity index is 1620. The van der Waals surface area contributed by atoms with E-state index in [0.717, 1.165) is 78.4 Å². The molecule has 8 nitrogen and oxygen atoms in total. The second-order valence-electron chi connectivity index (χ2n) is 12.4. The van der Waals surface area contributed by atoms with Crippen molar-refractivity contribution >= 4 is 39.4 Å². The molecule has 0 aliphatic carbocycles. The number of carbonyl (C=O) groups is 2. The predicted octanol–water partition coefficient (Wildman–Crippen LogP) is 5.15. The molecular weight excluding hydrogens is 589 g/mol. The molecule has 3 heterocycles. The third-order valence-electron chi connectivity index (χ3n) is 8.46. The van der Waals surface area contributed by atoms with Gasteiger partial charge in [-0.1, -0.05) is 5.92 Å². The molecule has 1 saturated heterocycles. The zero-order chi connectivity index (χ0) is 32.1. The first-order valence-corrected chi connectivity index (χ1v) is 18.1. The van der Waals surface area contributed by atoms with E-state index in [9.17, 15) is 14.0 Å². The van der Waals surface area contributed by atoms with Crippen molar-refractivity contribution < 1.29 is 18.7 Å². The third-order valence-corrected chi connectivity index (χ3v) is 9.18. The van der Waals surface area contributed by atoms with Gasteiger partial charge in [0.05, 0.1) is 18.4 Å². The van der Waals surface area contributed by atoms with Crippen molar-refractivity contribution in [3.8, 4) is 16.9 Å². The summed E-state index contributed by atoms with van der Waals surface area (Å²) in [6, 6.07) is 12.6. The molecule has 45 heavy (non-hydrogen) atoms. The average Bonchev–Trinajstić information content (AvgIpc) is 3.45. The van der Waals surface area contributed by atoms with Crippen LogP contribution in [0.25, 0.3) is 0 Å². The van der Waals surface area contributed by atoms with Gasteiger partial charge in [-0.2, -0.15) is 10.0 Å². The summed E-state index contributed by atoms with van der Waals surface area (Å²) in [5.74, 6) is 3.66. The van der Waals surface area contributed by atoms with Crippen molar-refractivity contribution in [1.82, 2.24) is 9.88 Å². The van der Waals surface area contributed by atoms with Crippen LogP contribution >= 0.6 is 10.0 Å². The normalized spacial score (nSPS) is 15.4. The van der Waals surface area contributed by atoms with Crippen molar-refractivity contribution in [3.63, 3.8) is 0 Å². The second kappa shape index (κ2) is 13.9. The maximum Gasteiger partial charge on any atom is 0.276 e. The molecule has 2 aliphatic rings. The number of hydrogen-bond acceptors (Lipinski definition) is 6. The lowest BCUT2D eigenvalue weighted by molar-refractivity contribution is -0.105. The molecule has 2 aliphatic heterocycles. The fourth-order valence-electron chi connectivity index (χ4n) is 5.98. The number of halogens is 1. The minimum Gasteiger partial charge on any atom is -0.497 e. The highest BCUT2D eigenvalue weighted by molar-refractivity contribution is 8.36. The topological polar surface area (TPSA) is 78.0 Å². The van der Waals surface area contributed by atoms with Crippen molar-refractivity contribution in [2.24, 2.45) is 0 Å². The summed E-state index contributed by atoms with van der Waals surface area (Å²) in [5, 5.41) is 6.21. The summed E-state index contributed by atoms with van der Waals surface area (Å²) >= 11 is 0. The number of methoxy groups -OCH3 is 1. The Morgan fingerprint density at radius 1 is 1.13 bits per heavy atom. The fraction of sp³-hybridized carbons (Fsp3) is 0.400. The monoisotopic (exact) mass is 631 g/mol. The molecule has 0 radical (unpaired) electrons. The van der Waals surface area contributed by atoms with Crippen LogP contribution in [-0.2, 0) is 17.6 Å². The zero-order valence-corrected chi connectivity index (χ0v) is 27.5. The minimum absolute atomic E-state index is 0.182. The SMILES string of the molecule is COc1ccc(NC=O)c(CCN(C)C2CCN(c3cc(C(=O)N4CCc5cc(F)ccc54)ncc3C#CS(C)(C)C)CC2)c1. The van der Waals surface area contributed by atoms with Crippen LogP contribution in [0.2, 0.25) is 0 Å². The number of nitrogens with zero attached hydrogens (tertiary/aromatic N) is 4. The number of ether oxygens (including phenoxy) is 1. The molecule has 5 rings (SSSR count). The first-order valence-electron chi connectivity index (χ1n) is 15.2. The van der Waals surface area contributed by atoms with E-state index in [1.165, 1.54) is 12.1 Å². The van der Waals surface area contributed by atoms with E-state index < -0.39 is 10.0 Å². The van der Waals surface area contributed by atoms with Gasteiger partial charge in [-0.25, -0.2) is 9.37 Å². The average molecular weight is 632 g/mol. The van der Waals surface area contributed by atoms with Crippen LogP contribution in [0.5, 0.6) is 5.75 Å². The molecule has 2 amide bonds. The lowest BCUT2D eigenvalue weighted by Crippen LogP contribution is -2.44. The Morgan fingerprint density at radius 3 is 2.62 bits per heavy atom. The molecule has 3 aromatic rings. The predicted molar refractivity (Wildman–Crippen MR) is 183 cm³/mol. The largest absolute Gasteiger partial charge is 0.497 e. The number of carbonyl (C=O) groups excluding carboxylic acids is 2. The molecule has 0 atom stereocenters. The van der Waals surface area contributed by atoms with Gasteiger partial charge >= 0.3 is 0 Å². The number of nitrogens with one attached hydrogen (secondary N) is 1. The van der Waals surface area contributed by atoms with Gasteiger partial charge in [-0.15, -0.1) is 0 Å². The highest BCUT2D eigenvalue weighted by atomic mass is 32.3. The van der Waals surface area contributed by atoms with Gasteiger partial charge in [0.1, 0.15) is 17.3 Å². The molecule has 0 saturated carbocycles. The van der Waals surface area contributed by atoms with Gasteiger partial charge in [0, 0.05) is 49.8 Å². The van der Waals surface area contributed by atoms with Crippen LogP contribution < -0.4 is 19.9 Å². The van der Waals surface area contributed by atoms with Crippen molar-refractivity contribution in [2.45, 2.75) is 31.7 Å². The van der Waals surface area contributed by atoms with E-state index in [1.807, 2.05) is 24.3 Å². The molecule has 1 N–H and O–H groups in total. The number of rotatable bonds is 9. The number of fused-ring (bicyclic) bond motifs is 1. The lowest BCUT2D eigenvalue weighted by Gasteiger charge is -2.38. The standard InChI is InChI=1S/C35H42FN5O3S/c1-39(15-10-25-21-30(44-2)7-8-31(25)38-24-42)29-12-16-40(17-13-29)34-22-32(37-23-27(34)14-19-45(3,4)5)35(43)41-18-11-26-20-28(36)6-9-33(26)41/h6-9,20-24,29H,10-13,15-18H2,1-5H3,(H,38,42). The summed E-state index contributed by atoms with van der Waals surface area (Å²) in [6.45, 7) is 2.99. The van der Waals surface area contributed by atoms with Crippen molar-refractivity contribution in [1.29, 1.82) is 0 Å². The molecule has 10 heteroatoms. The van der Waals surface area contributed by atoms with Crippen molar-refractivity contribution in [2.75, 3.05) is 74.2 Å². The highest BCUT2D eigenvalue weighted by Crippen LogP contribution is 2.34. The van der Waals surface area contributed by atoms with Crippen LogP contribution in [0.4, 0.5) is 21.5 Å². The summed E-state index contributed by atoms with van der Waals surface area (Å²) in [6.07, 6.45) is 12.2. The number of hydrogen-bond donors (Lipinski definition) is 1. The van der Waals surface area contributed by atoms with E-state index in [4.69, 9.17) is 4.74 Å². The number of anilines is 3. The summed E-state index contributed by atoms with van der Waals surface area (Å²) in [7, 11) is 2.73. The third kappa shape index (κ3) is 7.78. The summed E-state index contributed by atoms with van der Waals surface area (Å²) in [4.78, 5) is 35.8. The van der Waals surface area contributed by atoms with E-state index in [2.05, 4.69) is 57.1 Å². The van der Waals surface area contributed by atoms with Crippen LogP contribution in [0, 0.1) is 17.0 Å². The van der Waals surface area contributed by atoms with Gasteiger partial charge in [0.15, 0.2) is 0 Å². The molecule has 0 unspecified atom stereocenters. The van der Waals surface area contributed by atoms with E-state index >= 15 is 0 Å². The number of pyridine rings is 1. The Labute approximate surface area is 267 Å². The molecule has 1 fully saturated rings. The maximum absolute atomic E-state index is 13.8. The quantitative estimate of drug-likeness (QED) is 0.260. The number of benzene rings is 2. The molecule has 238 valence electrons. The number of piperidine rings is 1. The van der Waals surface area contributed by atoms with Gasteiger partial charge in [-0.3, -0.25) is 9.59 Å². The fourth-order valence-corrected chi connectivity index (χ4v) is 6.40. The Hall–Kier alpha value is -4.07. The smallest absolute Gasteiger partial charge is 0.276 e. The molecule has 1 aromatic heterocycles. The molecule has 0 bridgehead atoms. The van der Waals surface area contributed by atoms with E-state index in [-0.39, 0.29) is 11.7 Å². The van der Waals surface area contributed by atoms with Gasteiger partial charge in [-0.05, 0) is 110 Å². The van der Waals surface area contributed by atoms with Crippen LogP contribution in [0.3, 0.4) is 0 Å². The summed E-state index contributed by atoms with van der Waals surface area (Å²) < 4.78 is 19.2. The Balaban J connectivity index is 1.31. The molecular formula is C35H42FN5O3S. The summed E-state index contributed by atoms with van der Waals surface area (Å²) in [5.41, 5.74) is 5.56. The first-order chi connectivity index (χ1) is 21.6. The number of amides is 2. The Kier molecular flexibility index (Phi) is 10.0. The van der Waals surface area contributed by atoms with Crippen LogP contribution in [0.1, 0.15) is 40.0 Å². The van der Waals surface area contributed by atoms with Gasteiger partial charge in [0.2, 0.25) is 6.41 Å². The zero-order valence-electron chi connectivity index (χ0n) is 26.7. The van der Waals surface area contributed by atoms with Gasteiger partial charge in [0.25, 0.3) is 5.91 Å². The van der Waals surface area contributed by atoms with Gasteiger partial charge < -0.3 is 24.8 Å². The van der Waals surface area contributed by atoms with Crippen LogP contribution in [-0.4, -0.2) is 87.3 Å². The minimum atomic E-state index is -1.06. The number of likely N-dealkylation sites (N-methyl/N-ethyl adjacent to an activating group) is 1. The lowest BCUT2D eigenvalue weighted by atomic mass is 10.0. The van der Waals surface area contributed by atoms with Crippen LogP contribution in [0.15, 0.2) is 48.7 Å². The second-order valence-corrected chi connectivity index (χ2v) is 16.2. The van der Waals surface area contributed by atoms with E-state index in [0.29, 0.717) is 31.1 Å². The molecule has 2 aromatic carbocycles. The Morgan fingerprint density at radius 2 is 1.91 bits per heavy atom. The highest BCUT2D eigenvalue weighted by Gasteiger charge is 2.29. The van der Waals surface area contributed by atoms with Crippen molar-refractivity contribution in [3.05, 3.63) is 76.9 Å². The first kappa shape index (κ1) is 32.3. The maximum atomic E-state index is 13.8. The number of aromatic nitrogens is 1. The molecule has 0 spiro atoms.